The third-order valence-electron chi connectivity index (χ3n) is 3.49. The summed E-state index contributed by atoms with van der Waals surface area (Å²) in [5.74, 6) is 0.462. The van der Waals surface area contributed by atoms with E-state index in [9.17, 15) is 8.42 Å². The number of nitrogens with zero attached hydrogens (tertiary/aromatic N) is 1. The Morgan fingerprint density at radius 3 is 2.74 bits per heavy atom. The number of rotatable bonds is 7. The third kappa shape index (κ3) is 3.56. The Labute approximate surface area is 114 Å². The second kappa shape index (κ2) is 5.62. The van der Waals surface area contributed by atoms with E-state index in [1.54, 1.807) is 6.07 Å². The molecule has 0 aromatic carbocycles. The largest absolute Gasteiger partial charge is 0.447 e. The Balaban J connectivity index is 1.93. The van der Waals surface area contributed by atoms with Gasteiger partial charge in [-0.3, -0.25) is 4.90 Å². The van der Waals surface area contributed by atoms with Crippen molar-refractivity contribution in [2.24, 2.45) is 5.73 Å². The van der Waals surface area contributed by atoms with Crippen LogP contribution in [0.4, 0.5) is 0 Å². The van der Waals surface area contributed by atoms with Crippen LogP contribution in [0.15, 0.2) is 21.6 Å². The zero-order valence-corrected chi connectivity index (χ0v) is 12.1. The normalized spacial score (nSPS) is 17.9. The van der Waals surface area contributed by atoms with Crippen molar-refractivity contribution in [1.29, 1.82) is 0 Å². The quantitative estimate of drug-likeness (QED) is 0.762. The fourth-order valence-electron chi connectivity index (χ4n) is 1.90. The molecule has 0 bridgehead atoms. The standard InChI is InChI=1S/C12H21N3O3S/c1-9(15(2)10-3-4-10)8-14-19(16,17)12-6-5-11(7-13)18-12/h5-6,9-10,14H,3-4,7-8,13H2,1-2H3. The van der Waals surface area contributed by atoms with Crippen molar-refractivity contribution < 1.29 is 12.8 Å². The van der Waals surface area contributed by atoms with E-state index in [0.29, 0.717) is 18.3 Å². The van der Waals surface area contributed by atoms with E-state index in [4.69, 9.17) is 10.2 Å². The second-order valence-corrected chi connectivity index (χ2v) is 6.72. The molecule has 1 aliphatic carbocycles. The van der Waals surface area contributed by atoms with Crippen LogP contribution in [0.1, 0.15) is 25.5 Å². The summed E-state index contributed by atoms with van der Waals surface area (Å²) in [6.07, 6.45) is 2.40. The Bertz CT molecular complexity index is 522. The number of likely N-dealkylation sites (N-methyl/N-ethyl adjacent to an activating group) is 1. The minimum Gasteiger partial charge on any atom is -0.447 e. The van der Waals surface area contributed by atoms with Crippen molar-refractivity contribution in [1.82, 2.24) is 9.62 Å². The summed E-state index contributed by atoms with van der Waals surface area (Å²) in [5.41, 5.74) is 5.39. The molecule has 1 aromatic heterocycles. The van der Waals surface area contributed by atoms with Gasteiger partial charge in [0.15, 0.2) is 0 Å². The summed E-state index contributed by atoms with van der Waals surface area (Å²) in [5, 5.41) is -0.0748. The van der Waals surface area contributed by atoms with Crippen LogP contribution >= 0.6 is 0 Å². The maximum atomic E-state index is 12.0. The molecule has 0 saturated heterocycles. The van der Waals surface area contributed by atoms with Crippen molar-refractivity contribution in [3.63, 3.8) is 0 Å². The van der Waals surface area contributed by atoms with E-state index in [1.165, 1.54) is 18.9 Å². The lowest BCUT2D eigenvalue weighted by atomic mass is 10.3. The van der Waals surface area contributed by atoms with Gasteiger partial charge in [-0.1, -0.05) is 0 Å². The first-order valence-electron chi connectivity index (χ1n) is 6.44. The summed E-state index contributed by atoms with van der Waals surface area (Å²) >= 11 is 0. The minimum atomic E-state index is -3.58. The van der Waals surface area contributed by atoms with Gasteiger partial charge in [-0.15, -0.1) is 0 Å². The van der Waals surface area contributed by atoms with Crippen LogP contribution in [-0.2, 0) is 16.6 Å². The summed E-state index contributed by atoms with van der Waals surface area (Å²) < 4.78 is 31.8. The average Bonchev–Trinajstić information content (AvgIpc) is 3.11. The monoisotopic (exact) mass is 287 g/mol. The molecule has 7 heteroatoms. The van der Waals surface area contributed by atoms with Gasteiger partial charge in [-0.2, -0.15) is 0 Å². The van der Waals surface area contributed by atoms with E-state index < -0.39 is 10.0 Å². The molecule has 0 aliphatic heterocycles. The average molecular weight is 287 g/mol. The molecule has 0 spiro atoms. The van der Waals surface area contributed by atoms with Crippen LogP contribution < -0.4 is 10.5 Å². The summed E-state index contributed by atoms with van der Waals surface area (Å²) in [6.45, 7) is 2.57. The molecule has 1 aromatic rings. The molecule has 1 aliphatic rings. The minimum absolute atomic E-state index is 0.0748. The Morgan fingerprint density at radius 2 is 2.21 bits per heavy atom. The van der Waals surface area contributed by atoms with Crippen molar-refractivity contribution >= 4 is 10.0 Å². The Morgan fingerprint density at radius 1 is 1.53 bits per heavy atom. The molecular formula is C12H21N3O3S. The number of nitrogens with one attached hydrogen (secondary N) is 1. The topological polar surface area (TPSA) is 88.6 Å². The molecule has 1 fully saturated rings. The molecule has 2 rings (SSSR count). The Kier molecular flexibility index (Phi) is 4.29. The highest BCUT2D eigenvalue weighted by atomic mass is 32.2. The van der Waals surface area contributed by atoms with E-state index in [1.807, 2.05) is 14.0 Å². The van der Waals surface area contributed by atoms with E-state index in [0.717, 1.165) is 0 Å². The van der Waals surface area contributed by atoms with Crippen LogP contribution in [-0.4, -0.2) is 39.0 Å². The first kappa shape index (κ1) is 14.5. The highest BCUT2D eigenvalue weighted by Crippen LogP contribution is 2.26. The molecule has 1 unspecified atom stereocenters. The Hall–Kier alpha value is -0.890. The zero-order chi connectivity index (χ0) is 14.0. The maximum absolute atomic E-state index is 12.0. The fraction of sp³-hybridized carbons (Fsp3) is 0.667. The fourth-order valence-corrected chi connectivity index (χ4v) is 2.97. The van der Waals surface area contributed by atoms with Crippen molar-refractivity contribution in [2.45, 2.75) is 43.5 Å². The summed E-state index contributed by atoms with van der Waals surface area (Å²) in [7, 11) is -1.56. The molecule has 6 nitrogen and oxygen atoms in total. The van der Waals surface area contributed by atoms with Crippen molar-refractivity contribution in [3.8, 4) is 0 Å². The first-order chi connectivity index (χ1) is 8.94. The number of hydrogen-bond acceptors (Lipinski definition) is 5. The first-order valence-corrected chi connectivity index (χ1v) is 7.92. The highest BCUT2D eigenvalue weighted by molar-refractivity contribution is 7.89. The van der Waals surface area contributed by atoms with Crippen LogP contribution in [0.25, 0.3) is 0 Å². The van der Waals surface area contributed by atoms with Crippen LogP contribution in [0.3, 0.4) is 0 Å². The van der Waals surface area contributed by atoms with Gasteiger partial charge in [-0.25, -0.2) is 13.1 Å². The molecule has 1 atom stereocenters. The van der Waals surface area contributed by atoms with Gasteiger partial charge in [0.05, 0.1) is 6.54 Å². The van der Waals surface area contributed by atoms with Gasteiger partial charge < -0.3 is 10.2 Å². The lowest BCUT2D eigenvalue weighted by Crippen LogP contribution is -2.41. The molecular weight excluding hydrogens is 266 g/mol. The smallest absolute Gasteiger partial charge is 0.274 e. The lowest BCUT2D eigenvalue weighted by Gasteiger charge is -2.24. The van der Waals surface area contributed by atoms with Gasteiger partial charge in [0, 0.05) is 18.6 Å². The van der Waals surface area contributed by atoms with Crippen molar-refractivity contribution in [2.75, 3.05) is 13.6 Å². The molecule has 0 amide bonds. The lowest BCUT2D eigenvalue weighted by molar-refractivity contribution is 0.248. The second-order valence-electron chi connectivity index (χ2n) is 5.02. The van der Waals surface area contributed by atoms with Crippen LogP contribution in [0.5, 0.6) is 0 Å². The van der Waals surface area contributed by atoms with E-state index in [2.05, 4.69) is 9.62 Å². The number of sulfonamides is 1. The molecule has 1 heterocycles. The van der Waals surface area contributed by atoms with Crippen LogP contribution in [0, 0.1) is 0 Å². The molecule has 19 heavy (non-hydrogen) atoms. The summed E-state index contributed by atoms with van der Waals surface area (Å²) in [6, 6.07) is 3.77. The zero-order valence-electron chi connectivity index (χ0n) is 11.3. The summed E-state index contributed by atoms with van der Waals surface area (Å²) in [4.78, 5) is 2.20. The molecule has 3 N–H and O–H groups in total. The number of nitrogens with two attached hydrogens (primary N) is 1. The van der Waals surface area contributed by atoms with Gasteiger partial charge in [-0.05, 0) is 38.9 Å². The van der Waals surface area contributed by atoms with E-state index >= 15 is 0 Å². The maximum Gasteiger partial charge on any atom is 0.274 e. The van der Waals surface area contributed by atoms with E-state index in [-0.39, 0.29) is 17.7 Å². The SMILES string of the molecule is CC(CNS(=O)(=O)c1ccc(CN)o1)N(C)C1CC1. The molecule has 108 valence electrons. The van der Waals surface area contributed by atoms with Gasteiger partial charge >= 0.3 is 0 Å². The van der Waals surface area contributed by atoms with Crippen LogP contribution in [0.2, 0.25) is 0 Å². The number of hydrogen-bond donors (Lipinski definition) is 2. The van der Waals surface area contributed by atoms with Gasteiger partial charge in [0.1, 0.15) is 5.76 Å². The molecule has 0 radical (unpaired) electrons. The predicted molar refractivity (Wildman–Crippen MR) is 72.0 cm³/mol. The molecule has 1 saturated carbocycles. The van der Waals surface area contributed by atoms with Crippen molar-refractivity contribution in [3.05, 3.63) is 17.9 Å². The van der Waals surface area contributed by atoms with Gasteiger partial charge in [0.25, 0.3) is 10.0 Å². The predicted octanol–water partition coefficient (Wildman–Crippen LogP) is 0.499. The third-order valence-corrected chi connectivity index (χ3v) is 4.79. The van der Waals surface area contributed by atoms with Gasteiger partial charge in [0.2, 0.25) is 5.09 Å². The number of furan rings is 1. The highest BCUT2D eigenvalue weighted by Gasteiger charge is 2.30.